The van der Waals surface area contributed by atoms with Gasteiger partial charge in [0.2, 0.25) is 0 Å². The Morgan fingerprint density at radius 1 is 1.24 bits per heavy atom. The molecule has 21 heavy (non-hydrogen) atoms. The average molecular weight is 304 g/mol. The molecule has 0 spiro atoms. The second-order valence-corrected chi connectivity index (χ2v) is 6.58. The third-order valence-corrected chi connectivity index (χ3v) is 4.67. The summed E-state index contributed by atoms with van der Waals surface area (Å²) < 4.78 is 5.79. The summed E-state index contributed by atoms with van der Waals surface area (Å²) in [6, 6.07) is 8.66. The predicted octanol–water partition coefficient (Wildman–Crippen LogP) is 4.23. The van der Waals surface area contributed by atoms with Crippen LogP contribution < -0.4 is 10.1 Å². The molecule has 2 aromatic rings. The van der Waals surface area contributed by atoms with Crippen LogP contribution in [-0.4, -0.2) is 11.0 Å². The van der Waals surface area contributed by atoms with Gasteiger partial charge in [0.25, 0.3) is 0 Å². The summed E-state index contributed by atoms with van der Waals surface area (Å²) in [4.78, 5) is 5.90. The minimum absolute atomic E-state index is 0.540. The van der Waals surface area contributed by atoms with E-state index in [0.29, 0.717) is 12.6 Å². The van der Waals surface area contributed by atoms with Gasteiger partial charge < -0.3 is 10.1 Å². The van der Waals surface area contributed by atoms with Crippen molar-refractivity contribution in [2.24, 2.45) is 0 Å². The molecule has 1 aromatic heterocycles. The lowest BCUT2D eigenvalue weighted by molar-refractivity contribution is 0.305. The summed E-state index contributed by atoms with van der Waals surface area (Å²) in [5.41, 5.74) is 2.35. The van der Waals surface area contributed by atoms with E-state index in [1.54, 1.807) is 11.3 Å². The van der Waals surface area contributed by atoms with Crippen LogP contribution in [0, 0.1) is 13.8 Å². The molecule has 0 saturated carbocycles. The number of nitrogens with one attached hydrogen (secondary N) is 1. The van der Waals surface area contributed by atoms with Crippen LogP contribution in [0.1, 0.15) is 41.4 Å². The van der Waals surface area contributed by atoms with E-state index in [4.69, 9.17) is 4.74 Å². The van der Waals surface area contributed by atoms with Crippen molar-refractivity contribution in [3.05, 3.63) is 45.4 Å². The van der Waals surface area contributed by atoms with Gasteiger partial charge in [-0.2, -0.15) is 0 Å². The fraction of sp³-hybridized carbons (Fsp3) is 0.471. The summed E-state index contributed by atoms with van der Waals surface area (Å²) in [6.45, 7) is 9.97. The average Bonchev–Trinajstić information content (AvgIpc) is 2.84. The standard InChI is InChI=1S/C17H24N2OS/c1-5-13(3)18-10-16-14(4)19-17(21-16)11-20-15-8-6-12(2)7-9-15/h6-9,13,18H,5,10-11H2,1-4H3. The van der Waals surface area contributed by atoms with E-state index in [1.807, 2.05) is 12.1 Å². The Morgan fingerprint density at radius 3 is 2.62 bits per heavy atom. The van der Waals surface area contributed by atoms with Gasteiger partial charge in [-0.15, -0.1) is 11.3 Å². The Labute approximate surface area is 131 Å². The highest BCUT2D eigenvalue weighted by Crippen LogP contribution is 2.20. The summed E-state index contributed by atoms with van der Waals surface area (Å²) in [5.74, 6) is 0.896. The monoisotopic (exact) mass is 304 g/mol. The van der Waals surface area contributed by atoms with Crippen molar-refractivity contribution in [3.63, 3.8) is 0 Å². The molecular weight excluding hydrogens is 280 g/mol. The molecule has 1 N–H and O–H groups in total. The smallest absolute Gasteiger partial charge is 0.140 e. The van der Waals surface area contributed by atoms with Gasteiger partial charge >= 0.3 is 0 Å². The van der Waals surface area contributed by atoms with Crippen molar-refractivity contribution in [1.29, 1.82) is 0 Å². The van der Waals surface area contributed by atoms with E-state index in [9.17, 15) is 0 Å². The lowest BCUT2D eigenvalue weighted by Crippen LogP contribution is -2.24. The van der Waals surface area contributed by atoms with E-state index in [-0.39, 0.29) is 0 Å². The molecule has 0 radical (unpaired) electrons. The van der Waals surface area contributed by atoms with Crippen molar-refractivity contribution < 1.29 is 4.74 Å². The van der Waals surface area contributed by atoms with Crippen molar-refractivity contribution >= 4 is 11.3 Å². The molecule has 114 valence electrons. The summed E-state index contributed by atoms with van der Waals surface area (Å²) in [5, 5.41) is 4.55. The minimum atomic E-state index is 0.540. The number of rotatable bonds is 7. The fourth-order valence-electron chi connectivity index (χ4n) is 1.90. The number of aromatic nitrogens is 1. The summed E-state index contributed by atoms with van der Waals surface area (Å²) in [7, 11) is 0. The van der Waals surface area contributed by atoms with Crippen LogP contribution in [0.5, 0.6) is 5.75 Å². The minimum Gasteiger partial charge on any atom is -0.486 e. The molecule has 1 atom stereocenters. The largest absolute Gasteiger partial charge is 0.486 e. The molecule has 3 nitrogen and oxygen atoms in total. The van der Waals surface area contributed by atoms with E-state index < -0.39 is 0 Å². The third-order valence-electron chi connectivity index (χ3n) is 3.54. The number of thiazole rings is 1. The van der Waals surface area contributed by atoms with Gasteiger partial charge in [0.05, 0.1) is 5.69 Å². The molecule has 0 saturated heterocycles. The van der Waals surface area contributed by atoms with E-state index in [2.05, 4.69) is 50.1 Å². The first-order chi connectivity index (χ1) is 10.1. The van der Waals surface area contributed by atoms with Crippen molar-refractivity contribution in [1.82, 2.24) is 10.3 Å². The van der Waals surface area contributed by atoms with Crippen molar-refractivity contribution in [3.8, 4) is 5.75 Å². The van der Waals surface area contributed by atoms with Gasteiger partial charge in [-0.1, -0.05) is 24.6 Å². The Balaban J connectivity index is 1.90. The highest BCUT2D eigenvalue weighted by atomic mass is 32.1. The van der Waals surface area contributed by atoms with Gasteiger partial charge in [0, 0.05) is 17.5 Å². The fourth-order valence-corrected chi connectivity index (χ4v) is 2.84. The zero-order valence-electron chi connectivity index (χ0n) is 13.3. The molecule has 0 fully saturated rings. The number of nitrogens with zero attached hydrogens (tertiary/aromatic N) is 1. The second-order valence-electron chi connectivity index (χ2n) is 5.41. The van der Waals surface area contributed by atoms with Crippen LogP contribution in [0.2, 0.25) is 0 Å². The number of benzene rings is 1. The second kappa shape index (κ2) is 7.57. The van der Waals surface area contributed by atoms with Crippen LogP contribution >= 0.6 is 11.3 Å². The topological polar surface area (TPSA) is 34.1 Å². The van der Waals surface area contributed by atoms with Gasteiger partial charge in [-0.05, 0) is 39.3 Å². The molecule has 2 rings (SSSR count). The van der Waals surface area contributed by atoms with E-state index in [0.717, 1.165) is 29.4 Å². The summed E-state index contributed by atoms with van der Waals surface area (Å²) >= 11 is 1.74. The van der Waals surface area contributed by atoms with Gasteiger partial charge in [-0.3, -0.25) is 0 Å². The van der Waals surface area contributed by atoms with Crippen LogP contribution in [0.3, 0.4) is 0 Å². The molecular formula is C17H24N2OS. The van der Waals surface area contributed by atoms with Crippen LogP contribution in [-0.2, 0) is 13.2 Å². The van der Waals surface area contributed by atoms with Gasteiger partial charge in [-0.25, -0.2) is 4.98 Å². The lowest BCUT2D eigenvalue weighted by atomic mass is 10.2. The first-order valence-electron chi connectivity index (χ1n) is 7.46. The first-order valence-corrected chi connectivity index (χ1v) is 8.28. The highest BCUT2D eigenvalue weighted by molar-refractivity contribution is 7.11. The maximum absolute atomic E-state index is 5.79. The predicted molar refractivity (Wildman–Crippen MR) is 89.0 cm³/mol. The molecule has 0 aliphatic heterocycles. The Hall–Kier alpha value is -1.39. The quantitative estimate of drug-likeness (QED) is 0.831. The normalized spacial score (nSPS) is 12.4. The number of aryl methyl sites for hydroxylation is 2. The lowest BCUT2D eigenvalue weighted by Gasteiger charge is -2.09. The molecule has 0 aliphatic carbocycles. The molecule has 1 heterocycles. The van der Waals surface area contributed by atoms with Crippen LogP contribution in [0.15, 0.2) is 24.3 Å². The van der Waals surface area contributed by atoms with Gasteiger partial charge in [0.15, 0.2) is 0 Å². The number of ether oxygens (including phenoxy) is 1. The van der Waals surface area contributed by atoms with Crippen LogP contribution in [0.4, 0.5) is 0 Å². The van der Waals surface area contributed by atoms with E-state index in [1.165, 1.54) is 10.4 Å². The van der Waals surface area contributed by atoms with E-state index >= 15 is 0 Å². The summed E-state index contributed by atoms with van der Waals surface area (Å²) in [6.07, 6.45) is 1.14. The number of hydrogen-bond acceptors (Lipinski definition) is 4. The zero-order chi connectivity index (χ0) is 15.2. The molecule has 0 amide bonds. The molecule has 1 aromatic carbocycles. The SMILES string of the molecule is CCC(C)NCc1sc(COc2ccc(C)cc2)nc1C. The van der Waals surface area contributed by atoms with Crippen molar-refractivity contribution in [2.75, 3.05) is 0 Å². The Kier molecular flexibility index (Phi) is 5.76. The first kappa shape index (κ1) is 16.0. The van der Waals surface area contributed by atoms with Crippen LogP contribution in [0.25, 0.3) is 0 Å². The number of hydrogen-bond donors (Lipinski definition) is 1. The third kappa shape index (κ3) is 4.83. The molecule has 4 heteroatoms. The zero-order valence-corrected chi connectivity index (χ0v) is 14.1. The Morgan fingerprint density at radius 2 is 1.95 bits per heavy atom. The van der Waals surface area contributed by atoms with Gasteiger partial charge in [0.1, 0.15) is 17.4 Å². The molecule has 0 aliphatic rings. The molecule has 1 unspecified atom stereocenters. The Bertz CT molecular complexity index is 563. The maximum atomic E-state index is 5.79. The highest BCUT2D eigenvalue weighted by Gasteiger charge is 2.09. The maximum Gasteiger partial charge on any atom is 0.140 e. The van der Waals surface area contributed by atoms with Crippen molar-refractivity contribution in [2.45, 2.75) is 53.3 Å². The molecule has 0 bridgehead atoms.